The molecule has 1 heterocycles. The number of furan rings is 1. The van der Waals surface area contributed by atoms with E-state index < -0.39 is 0 Å². The summed E-state index contributed by atoms with van der Waals surface area (Å²) in [5.41, 5.74) is 3.98. The van der Waals surface area contributed by atoms with E-state index in [0.717, 1.165) is 5.56 Å². The number of hydrogen-bond acceptors (Lipinski definition) is 3. The van der Waals surface area contributed by atoms with E-state index in [2.05, 4.69) is 25.2 Å². The maximum atomic E-state index is 12.5. The lowest BCUT2D eigenvalue weighted by molar-refractivity contribution is 0.0997. The van der Waals surface area contributed by atoms with Crippen molar-refractivity contribution in [2.24, 2.45) is 0 Å². The molecule has 5 heteroatoms. The van der Waals surface area contributed by atoms with Gasteiger partial charge in [-0.1, -0.05) is 23.7 Å². The SMILES string of the molecule is Cc1ccc(-c2ccc(C(=O)Nc3ccc(Oc4ccc(Cl)cc4)cc3)o2)cc1C. The van der Waals surface area contributed by atoms with Gasteiger partial charge >= 0.3 is 0 Å². The monoisotopic (exact) mass is 417 g/mol. The van der Waals surface area contributed by atoms with E-state index in [0.29, 0.717) is 28.0 Å². The fraction of sp³-hybridized carbons (Fsp3) is 0.0800. The summed E-state index contributed by atoms with van der Waals surface area (Å²) in [7, 11) is 0. The normalized spacial score (nSPS) is 10.6. The molecule has 1 N–H and O–H groups in total. The van der Waals surface area contributed by atoms with Gasteiger partial charge in [0.15, 0.2) is 5.76 Å². The Kier molecular flexibility index (Phi) is 5.59. The number of halogens is 1. The Hall–Kier alpha value is -3.50. The Labute approximate surface area is 180 Å². The van der Waals surface area contributed by atoms with Crippen LogP contribution in [0.15, 0.2) is 83.3 Å². The number of carbonyl (C=O) groups excluding carboxylic acids is 1. The smallest absolute Gasteiger partial charge is 0.291 e. The van der Waals surface area contributed by atoms with E-state index in [9.17, 15) is 4.79 Å². The highest BCUT2D eigenvalue weighted by Gasteiger charge is 2.13. The minimum atomic E-state index is -0.309. The number of anilines is 1. The van der Waals surface area contributed by atoms with Crippen molar-refractivity contribution in [3.63, 3.8) is 0 Å². The summed E-state index contributed by atoms with van der Waals surface area (Å²) in [6.45, 7) is 4.11. The van der Waals surface area contributed by atoms with Gasteiger partial charge in [0, 0.05) is 16.3 Å². The fourth-order valence-corrected chi connectivity index (χ4v) is 3.07. The van der Waals surface area contributed by atoms with Crippen LogP contribution in [0.2, 0.25) is 5.02 Å². The van der Waals surface area contributed by atoms with Gasteiger partial charge in [0.1, 0.15) is 17.3 Å². The van der Waals surface area contributed by atoms with Crippen LogP contribution in [0.4, 0.5) is 5.69 Å². The van der Waals surface area contributed by atoms with Gasteiger partial charge in [-0.25, -0.2) is 0 Å². The predicted molar refractivity (Wildman–Crippen MR) is 120 cm³/mol. The third-order valence-corrected chi connectivity index (χ3v) is 5.03. The summed E-state index contributed by atoms with van der Waals surface area (Å²) < 4.78 is 11.5. The van der Waals surface area contributed by atoms with Crippen molar-refractivity contribution in [3.8, 4) is 22.8 Å². The van der Waals surface area contributed by atoms with E-state index in [1.165, 1.54) is 11.1 Å². The van der Waals surface area contributed by atoms with Gasteiger partial charge in [0.25, 0.3) is 5.91 Å². The lowest BCUT2D eigenvalue weighted by Crippen LogP contribution is -2.10. The van der Waals surface area contributed by atoms with E-state index >= 15 is 0 Å². The first-order chi connectivity index (χ1) is 14.5. The van der Waals surface area contributed by atoms with Gasteiger partial charge in [-0.2, -0.15) is 0 Å². The Morgan fingerprint density at radius 3 is 2.17 bits per heavy atom. The first-order valence-corrected chi connectivity index (χ1v) is 9.88. The van der Waals surface area contributed by atoms with Crippen LogP contribution in [-0.2, 0) is 0 Å². The quantitative estimate of drug-likeness (QED) is 0.371. The second-order valence-electron chi connectivity index (χ2n) is 7.00. The second-order valence-corrected chi connectivity index (χ2v) is 7.43. The standard InChI is InChI=1S/C25H20ClNO3/c1-16-3-4-18(15-17(16)2)23-13-14-24(30-23)25(28)27-20-7-11-22(12-8-20)29-21-9-5-19(26)6-10-21/h3-15H,1-2H3,(H,27,28). The molecular formula is C25H20ClNO3. The molecule has 4 rings (SSSR count). The van der Waals surface area contributed by atoms with Crippen LogP contribution in [0.1, 0.15) is 21.7 Å². The average molecular weight is 418 g/mol. The molecular weight excluding hydrogens is 398 g/mol. The molecule has 0 aliphatic rings. The van der Waals surface area contributed by atoms with Crippen molar-refractivity contribution in [2.45, 2.75) is 13.8 Å². The van der Waals surface area contributed by atoms with E-state index in [-0.39, 0.29) is 11.7 Å². The highest BCUT2D eigenvalue weighted by atomic mass is 35.5. The third-order valence-electron chi connectivity index (χ3n) is 4.78. The largest absolute Gasteiger partial charge is 0.457 e. The summed E-state index contributed by atoms with van der Waals surface area (Å²) in [6, 6.07) is 23.8. The van der Waals surface area contributed by atoms with E-state index in [1.54, 1.807) is 54.6 Å². The number of carbonyl (C=O) groups is 1. The van der Waals surface area contributed by atoms with Gasteiger partial charge in [-0.05, 0) is 91.7 Å². The van der Waals surface area contributed by atoms with Gasteiger partial charge < -0.3 is 14.5 Å². The summed E-state index contributed by atoms with van der Waals surface area (Å²) in [6.07, 6.45) is 0. The van der Waals surface area contributed by atoms with Crippen molar-refractivity contribution in [1.29, 1.82) is 0 Å². The topological polar surface area (TPSA) is 51.5 Å². The molecule has 4 nitrogen and oxygen atoms in total. The molecule has 0 aliphatic carbocycles. The van der Waals surface area contributed by atoms with Gasteiger partial charge in [0.2, 0.25) is 0 Å². The molecule has 30 heavy (non-hydrogen) atoms. The molecule has 150 valence electrons. The average Bonchev–Trinajstić information content (AvgIpc) is 3.24. The van der Waals surface area contributed by atoms with Gasteiger partial charge in [-0.15, -0.1) is 0 Å². The van der Waals surface area contributed by atoms with Crippen LogP contribution in [0.3, 0.4) is 0 Å². The summed E-state index contributed by atoms with van der Waals surface area (Å²) in [5, 5.41) is 3.49. The number of benzene rings is 3. The molecule has 0 fully saturated rings. The minimum Gasteiger partial charge on any atom is -0.457 e. The number of rotatable bonds is 5. The molecule has 3 aromatic carbocycles. The third kappa shape index (κ3) is 4.56. The van der Waals surface area contributed by atoms with Crippen molar-refractivity contribution in [1.82, 2.24) is 0 Å². The zero-order valence-electron chi connectivity index (χ0n) is 16.6. The Balaban J connectivity index is 1.42. The number of amides is 1. The molecule has 4 aromatic rings. The predicted octanol–water partition coefficient (Wildman–Crippen LogP) is 7.26. The van der Waals surface area contributed by atoms with Crippen molar-refractivity contribution >= 4 is 23.2 Å². The maximum absolute atomic E-state index is 12.5. The second kappa shape index (κ2) is 8.47. The van der Waals surface area contributed by atoms with Crippen LogP contribution >= 0.6 is 11.6 Å². The van der Waals surface area contributed by atoms with Crippen LogP contribution < -0.4 is 10.1 Å². The molecule has 1 aromatic heterocycles. The summed E-state index contributed by atoms with van der Waals surface area (Å²) in [5.74, 6) is 1.95. The van der Waals surface area contributed by atoms with Crippen LogP contribution in [0.5, 0.6) is 11.5 Å². The van der Waals surface area contributed by atoms with Crippen LogP contribution in [0.25, 0.3) is 11.3 Å². The molecule has 0 unspecified atom stereocenters. The van der Waals surface area contributed by atoms with Crippen molar-refractivity contribution in [3.05, 3.63) is 101 Å². The van der Waals surface area contributed by atoms with Crippen LogP contribution in [-0.4, -0.2) is 5.91 Å². The lowest BCUT2D eigenvalue weighted by Gasteiger charge is -2.07. The Bertz CT molecular complexity index is 1180. The van der Waals surface area contributed by atoms with Crippen molar-refractivity contribution in [2.75, 3.05) is 5.32 Å². The fourth-order valence-electron chi connectivity index (χ4n) is 2.95. The number of hydrogen-bond donors (Lipinski definition) is 1. The number of aryl methyl sites for hydroxylation is 2. The molecule has 0 saturated heterocycles. The summed E-state index contributed by atoms with van der Waals surface area (Å²) in [4.78, 5) is 12.5. The molecule has 0 radical (unpaired) electrons. The highest BCUT2D eigenvalue weighted by molar-refractivity contribution is 6.30. The molecule has 0 saturated carbocycles. The number of ether oxygens (including phenoxy) is 1. The minimum absolute atomic E-state index is 0.254. The zero-order valence-corrected chi connectivity index (χ0v) is 17.4. The van der Waals surface area contributed by atoms with E-state index in [4.69, 9.17) is 20.8 Å². The Morgan fingerprint density at radius 1 is 0.833 bits per heavy atom. The first-order valence-electron chi connectivity index (χ1n) is 9.50. The first kappa shape index (κ1) is 19.8. The van der Waals surface area contributed by atoms with Crippen LogP contribution in [0, 0.1) is 13.8 Å². The summed E-state index contributed by atoms with van der Waals surface area (Å²) >= 11 is 5.88. The Morgan fingerprint density at radius 2 is 1.50 bits per heavy atom. The lowest BCUT2D eigenvalue weighted by atomic mass is 10.1. The highest BCUT2D eigenvalue weighted by Crippen LogP contribution is 2.26. The molecule has 0 aliphatic heterocycles. The zero-order chi connectivity index (χ0) is 21.1. The van der Waals surface area contributed by atoms with Gasteiger partial charge in [0.05, 0.1) is 0 Å². The number of nitrogens with one attached hydrogen (secondary N) is 1. The molecule has 0 bridgehead atoms. The maximum Gasteiger partial charge on any atom is 0.291 e. The van der Waals surface area contributed by atoms with Gasteiger partial charge in [-0.3, -0.25) is 4.79 Å². The molecule has 0 atom stereocenters. The molecule has 0 spiro atoms. The molecule has 1 amide bonds. The van der Waals surface area contributed by atoms with Crippen molar-refractivity contribution < 1.29 is 13.9 Å². The van der Waals surface area contributed by atoms with E-state index in [1.807, 2.05) is 18.2 Å².